The molecule has 13 rings (SSSR count). The quantitative estimate of drug-likeness (QED) is 0.156. The molecule has 3 aliphatic rings. The van der Waals surface area contributed by atoms with Crippen LogP contribution >= 0.6 is 11.3 Å². The molecule has 7 aromatic carbocycles. The van der Waals surface area contributed by atoms with Gasteiger partial charge in [-0.15, -0.1) is 11.3 Å². The van der Waals surface area contributed by atoms with Gasteiger partial charge in [0.1, 0.15) is 11.2 Å². The van der Waals surface area contributed by atoms with E-state index in [4.69, 9.17) is 4.42 Å². The highest BCUT2D eigenvalue weighted by atomic mass is 32.1. The molecule has 10 aromatic rings. The van der Waals surface area contributed by atoms with E-state index < -0.39 is 0 Å². The molecule has 0 unspecified atom stereocenters. The van der Waals surface area contributed by atoms with Gasteiger partial charge in [-0.25, -0.2) is 0 Å². The first-order chi connectivity index (χ1) is 27.2. The van der Waals surface area contributed by atoms with Crippen LogP contribution in [0.1, 0.15) is 57.2 Å². The molecule has 0 atom stereocenters. The van der Waals surface area contributed by atoms with Crippen molar-refractivity contribution in [2.75, 3.05) is 4.90 Å². The second kappa shape index (κ2) is 10.3. The molecule has 0 amide bonds. The first kappa shape index (κ1) is 31.4. The van der Waals surface area contributed by atoms with Crippen LogP contribution in [0.3, 0.4) is 0 Å². The molecule has 3 nitrogen and oxygen atoms in total. The lowest BCUT2D eigenvalue weighted by Gasteiger charge is -2.44. The van der Waals surface area contributed by atoms with E-state index in [1.807, 2.05) is 11.3 Å². The third-order valence-corrected chi connectivity index (χ3v) is 15.1. The summed E-state index contributed by atoms with van der Waals surface area (Å²) in [4.78, 5) is 2.62. The summed E-state index contributed by atoms with van der Waals surface area (Å²) in [5.74, 6) is 0. The highest BCUT2D eigenvalue weighted by molar-refractivity contribution is 7.27. The predicted molar refractivity (Wildman–Crippen MR) is 240 cm³/mol. The molecule has 268 valence electrons. The van der Waals surface area contributed by atoms with Crippen molar-refractivity contribution in [1.29, 1.82) is 0 Å². The van der Waals surface area contributed by atoms with E-state index in [1.54, 1.807) is 0 Å². The third kappa shape index (κ3) is 3.76. The molecular weight excluding hydrogens is 699 g/mol. The van der Waals surface area contributed by atoms with Crippen LogP contribution in [0.2, 0.25) is 0 Å². The molecule has 0 saturated heterocycles. The first-order valence-corrected chi connectivity index (χ1v) is 20.9. The van der Waals surface area contributed by atoms with Crippen LogP contribution in [0.15, 0.2) is 126 Å². The zero-order valence-electron chi connectivity index (χ0n) is 32.2. The maximum absolute atomic E-state index is 7.12. The predicted octanol–water partition coefficient (Wildman–Crippen LogP) is 13.1. The Bertz CT molecular complexity index is 3410. The second-order valence-corrected chi connectivity index (χ2v) is 19.0. The molecular formula is C51H39BN2OS. The molecule has 0 saturated carbocycles. The van der Waals surface area contributed by atoms with Gasteiger partial charge < -0.3 is 13.8 Å². The van der Waals surface area contributed by atoms with Gasteiger partial charge in [-0.05, 0) is 105 Å². The van der Waals surface area contributed by atoms with Gasteiger partial charge in [0.05, 0.1) is 10.2 Å². The Kier molecular flexibility index (Phi) is 5.80. The van der Waals surface area contributed by atoms with Crippen molar-refractivity contribution >= 4 is 110 Å². The molecule has 0 bridgehead atoms. The average molecular weight is 739 g/mol. The number of anilines is 3. The zero-order valence-corrected chi connectivity index (χ0v) is 33.1. The summed E-state index contributed by atoms with van der Waals surface area (Å²) in [7, 11) is 0. The molecule has 3 aromatic heterocycles. The van der Waals surface area contributed by atoms with Crippen molar-refractivity contribution in [3.05, 3.63) is 138 Å². The maximum atomic E-state index is 7.12. The maximum Gasteiger partial charge on any atom is 0.337 e. The molecule has 5 heteroatoms. The number of para-hydroxylation sites is 2. The van der Waals surface area contributed by atoms with E-state index in [9.17, 15) is 0 Å². The van der Waals surface area contributed by atoms with Gasteiger partial charge in [0.15, 0.2) is 0 Å². The van der Waals surface area contributed by atoms with Crippen molar-refractivity contribution in [2.24, 2.45) is 0 Å². The Balaban J connectivity index is 1.26. The van der Waals surface area contributed by atoms with Crippen LogP contribution in [0.4, 0.5) is 17.1 Å². The number of thiophene rings is 1. The number of aryl methyl sites for hydroxylation is 1. The van der Waals surface area contributed by atoms with Crippen LogP contribution in [-0.2, 0) is 10.8 Å². The largest absolute Gasteiger partial charge is 0.456 e. The van der Waals surface area contributed by atoms with Gasteiger partial charge >= 0.3 is 6.85 Å². The van der Waals surface area contributed by atoms with Gasteiger partial charge in [-0.3, -0.25) is 0 Å². The van der Waals surface area contributed by atoms with Crippen LogP contribution in [0.5, 0.6) is 0 Å². The van der Waals surface area contributed by atoms with Crippen molar-refractivity contribution in [2.45, 2.75) is 58.3 Å². The van der Waals surface area contributed by atoms with E-state index in [2.05, 4.69) is 165 Å². The lowest BCUT2D eigenvalue weighted by molar-refractivity contribution is 0.332. The summed E-state index contributed by atoms with van der Waals surface area (Å²) in [6.07, 6.45) is 2.36. The minimum atomic E-state index is -0.110. The summed E-state index contributed by atoms with van der Waals surface area (Å²) in [6.45, 7) is 12.0. The van der Waals surface area contributed by atoms with Crippen LogP contribution in [0.25, 0.3) is 75.0 Å². The number of furan rings is 1. The molecule has 5 heterocycles. The number of benzene rings is 7. The Morgan fingerprint density at radius 1 is 0.607 bits per heavy atom. The van der Waals surface area contributed by atoms with E-state index in [0.29, 0.717) is 0 Å². The van der Waals surface area contributed by atoms with Gasteiger partial charge in [-0.1, -0.05) is 113 Å². The van der Waals surface area contributed by atoms with Gasteiger partial charge in [0.2, 0.25) is 0 Å². The summed E-state index contributed by atoms with van der Waals surface area (Å²) in [5.41, 5.74) is 18.0. The first-order valence-electron chi connectivity index (χ1n) is 20.1. The van der Waals surface area contributed by atoms with E-state index in [-0.39, 0.29) is 17.7 Å². The molecule has 1 aliphatic carbocycles. The number of rotatable bonds is 1. The fourth-order valence-corrected chi connectivity index (χ4v) is 12.3. The number of hydrogen-bond acceptors (Lipinski definition) is 3. The van der Waals surface area contributed by atoms with Crippen molar-refractivity contribution in [1.82, 2.24) is 4.48 Å². The smallest absolute Gasteiger partial charge is 0.337 e. The van der Waals surface area contributed by atoms with E-state index in [0.717, 1.165) is 16.6 Å². The van der Waals surface area contributed by atoms with Gasteiger partial charge in [0, 0.05) is 59.8 Å². The summed E-state index contributed by atoms with van der Waals surface area (Å²) < 4.78 is 12.5. The lowest BCUT2D eigenvalue weighted by Crippen LogP contribution is -2.57. The number of nitrogens with zero attached hydrogens (tertiary/aromatic N) is 2. The number of aromatic nitrogens is 1. The van der Waals surface area contributed by atoms with Crippen LogP contribution in [0, 0.1) is 6.92 Å². The number of hydrogen-bond donors (Lipinski definition) is 0. The topological polar surface area (TPSA) is 21.3 Å². The summed E-state index contributed by atoms with van der Waals surface area (Å²) in [5, 5.41) is 7.54. The fraction of sp³-hybridized carbons (Fsp3) is 0.176. The molecule has 2 aliphatic heterocycles. The summed E-state index contributed by atoms with van der Waals surface area (Å²) >= 11 is 1.93. The van der Waals surface area contributed by atoms with Crippen molar-refractivity contribution in [3.8, 4) is 11.1 Å². The minimum Gasteiger partial charge on any atom is -0.456 e. The Hall–Kier alpha value is -5.78. The highest BCUT2D eigenvalue weighted by Crippen LogP contribution is 2.53. The van der Waals surface area contributed by atoms with Gasteiger partial charge in [-0.2, -0.15) is 0 Å². The lowest BCUT2D eigenvalue weighted by atomic mass is 9.44. The minimum absolute atomic E-state index is 0.0707. The molecule has 0 N–H and O–H groups in total. The van der Waals surface area contributed by atoms with Crippen molar-refractivity contribution < 1.29 is 4.42 Å². The average Bonchev–Trinajstić information content (AvgIpc) is 3.88. The van der Waals surface area contributed by atoms with Gasteiger partial charge in [0.25, 0.3) is 0 Å². The SMILES string of the molecule is Cc1cc2c(cc1N1c3cc4ccccc4c4c3B(c3c1ccc1c3oc3ccccc31)n1c3c-4cccc3c3sc4ccccc4c31)C(C)(C)CCC2(C)C. The van der Waals surface area contributed by atoms with E-state index >= 15 is 0 Å². The standard InChI is InChI=1S/C51H39BN2OS/c1-28-25-36-37(51(4,5)24-23-50(36,2)3)27-39(28)53-38-22-21-32-31-15-8-10-19-41(31)55-48(32)45(38)52-44-40(53)26-29-13-6-7-14-30(29)43(44)34-17-12-18-35-46(34)54(52)47-33-16-9-11-20-42(33)56-49(35)47/h6-22,25-27H,23-24H2,1-5H3. The zero-order chi connectivity index (χ0) is 37.4. The van der Waals surface area contributed by atoms with E-state index in [1.165, 1.54) is 116 Å². The van der Waals surface area contributed by atoms with Crippen molar-refractivity contribution in [3.63, 3.8) is 0 Å². The van der Waals surface area contributed by atoms with Crippen LogP contribution < -0.4 is 15.8 Å². The Morgan fingerprint density at radius 2 is 1.32 bits per heavy atom. The van der Waals surface area contributed by atoms with Crippen LogP contribution in [-0.4, -0.2) is 11.3 Å². The fourth-order valence-electron chi connectivity index (χ4n) is 11.1. The molecule has 0 radical (unpaired) electrons. The molecule has 0 spiro atoms. The second-order valence-electron chi connectivity index (χ2n) is 17.9. The Morgan fingerprint density at radius 3 is 2.16 bits per heavy atom. The number of fused-ring (bicyclic) bond motifs is 16. The third-order valence-electron chi connectivity index (χ3n) is 13.9. The highest BCUT2D eigenvalue weighted by Gasteiger charge is 2.47. The monoisotopic (exact) mass is 738 g/mol. The molecule has 56 heavy (non-hydrogen) atoms. The normalized spacial score (nSPS) is 16.4. The molecule has 0 fully saturated rings. The Labute approximate surface area is 329 Å². The summed E-state index contributed by atoms with van der Waals surface area (Å²) in [6, 6.07) is 45.9.